The number of hydrogen-bond donors (Lipinski definition) is 4. The average Bonchev–Trinajstić information content (AvgIpc) is 3.52. The Hall–Kier alpha value is -2.66. The van der Waals surface area contributed by atoms with E-state index >= 15 is 0 Å². The number of hydrogen-bond acceptors (Lipinski definition) is 10. The quantitative estimate of drug-likeness (QED) is 0.288. The van der Waals surface area contributed by atoms with Gasteiger partial charge in [0.2, 0.25) is 26.0 Å². The highest BCUT2D eigenvalue weighted by atomic mass is 32.2. The van der Waals surface area contributed by atoms with Crippen LogP contribution in [0.2, 0.25) is 0 Å². The van der Waals surface area contributed by atoms with E-state index in [-0.39, 0.29) is 41.3 Å². The molecule has 0 radical (unpaired) electrons. The Bertz CT molecular complexity index is 1480. The molecule has 4 heterocycles. The van der Waals surface area contributed by atoms with Crippen molar-refractivity contribution in [2.24, 2.45) is 0 Å². The second-order valence-electron chi connectivity index (χ2n) is 10.3. The minimum Gasteiger partial charge on any atom is -0.491 e. The van der Waals surface area contributed by atoms with Gasteiger partial charge in [0.25, 0.3) is 0 Å². The number of aliphatic hydroxyl groups excluding tert-OH is 1. The first-order chi connectivity index (χ1) is 19.0. The van der Waals surface area contributed by atoms with E-state index < -0.39 is 31.8 Å². The van der Waals surface area contributed by atoms with Crippen LogP contribution in [0.4, 0.5) is 5.82 Å². The van der Waals surface area contributed by atoms with E-state index in [2.05, 4.69) is 20.3 Å². The second-order valence-corrected chi connectivity index (χ2v) is 14.1. The van der Waals surface area contributed by atoms with Gasteiger partial charge in [-0.1, -0.05) is 6.07 Å². The maximum Gasteiger partial charge on any atom is 0.244 e. The molecule has 2 fully saturated rings. The van der Waals surface area contributed by atoms with Crippen molar-refractivity contribution in [3.8, 4) is 5.75 Å². The van der Waals surface area contributed by atoms with E-state index in [0.29, 0.717) is 56.1 Å². The van der Waals surface area contributed by atoms with Crippen molar-refractivity contribution < 1.29 is 36.2 Å². The number of aromatic nitrogens is 1. The van der Waals surface area contributed by atoms with E-state index in [0.717, 1.165) is 0 Å². The summed E-state index contributed by atoms with van der Waals surface area (Å²) in [5, 5.41) is 16.3. The summed E-state index contributed by atoms with van der Waals surface area (Å²) in [5.41, 5.74) is 0.145. The summed E-state index contributed by atoms with van der Waals surface area (Å²) < 4.78 is 65.8. The van der Waals surface area contributed by atoms with Gasteiger partial charge in [-0.3, -0.25) is 4.79 Å². The number of benzene rings is 1. The summed E-state index contributed by atoms with van der Waals surface area (Å²) in [6.45, 7) is 1.29. The molecule has 0 saturated carbocycles. The van der Waals surface area contributed by atoms with Crippen LogP contribution in [0.1, 0.15) is 24.8 Å². The number of anilines is 1. The van der Waals surface area contributed by atoms with Crippen LogP contribution in [0, 0.1) is 0 Å². The highest BCUT2D eigenvalue weighted by Crippen LogP contribution is 2.37. The number of carbonyl (C=O) groups excluding carboxylic acids is 1. The standard InChI is InChI=1S/C25H33N5O8S2/c1-26-39(33,34)21-4-2-3-20(11-21)37-16-19(31)13-27-18-12-25(38-15-18)5-7-30(8-6-25)40(35,36)22-9-17-10-23(32)29-24(17)28-14-22/h2-4,9,11,14,18-19,26-27,31H,5-8,10,12-13,15-16H2,1H3,(H,28,29,32)/t18-,19+/m1/s1. The largest absolute Gasteiger partial charge is 0.491 e. The second kappa shape index (κ2) is 11.3. The molecule has 218 valence electrons. The number of rotatable bonds is 10. The fraction of sp³-hybridized carbons (Fsp3) is 0.520. The molecule has 2 saturated heterocycles. The third kappa shape index (κ3) is 6.15. The average molecular weight is 596 g/mol. The van der Waals surface area contributed by atoms with Gasteiger partial charge in [-0.15, -0.1) is 0 Å². The lowest BCUT2D eigenvalue weighted by Gasteiger charge is -2.38. The molecule has 15 heteroatoms. The summed E-state index contributed by atoms with van der Waals surface area (Å²) in [6.07, 6.45) is 2.34. The van der Waals surface area contributed by atoms with Gasteiger partial charge in [-0.25, -0.2) is 26.5 Å². The third-order valence-electron chi connectivity index (χ3n) is 7.50. The van der Waals surface area contributed by atoms with Gasteiger partial charge in [-0.05, 0) is 44.5 Å². The van der Waals surface area contributed by atoms with Crippen LogP contribution in [-0.4, -0.2) is 94.8 Å². The van der Waals surface area contributed by atoms with E-state index in [9.17, 15) is 26.7 Å². The van der Waals surface area contributed by atoms with Crippen LogP contribution in [0.5, 0.6) is 5.75 Å². The number of nitrogens with one attached hydrogen (secondary N) is 3. The van der Waals surface area contributed by atoms with Crippen LogP contribution in [-0.2, 0) is 36.0 Å². The van der Waals surface area contributed by atoms with Crippen LogP contribution in [0.25, 0.3) is 0 Å². The Morgan fingerprint density at radius 1 is 1.23 bits per heavy atom. The highest BCUT2D eigenvalue weighted by molar-refractivity contribution is 7.89. The number of fused-ring (bicyclic) bond motifs is 1. The first kappa shape index (κ1) is 28.9. The summed E-state index contributed by atoms with van der Waals surface area (Å²) in [7, 11) is -6.01. The molecule has 0 bridgehead atoms. The minimum atomic E-state index is -3.75. The molecule has 0 aliphatic carbocycles. The molecule has 5 rings (SSSR count). The van der Waals surface area contributed by atoms with Crippen LogP contribution in [0.3, 0.4) is 0 Å². The number of sulfonamides is 2. The molecule has 0 unspecified atom stereocenters. The van der Waals surface area contributed by atoms with Crippen molar-refractivity contribution in [1.29, 1.82) is 0 Å². The molecule has 13 nitrogen and oxygen atoms in total. The molecular formula is C25H33N5O8S2. The number of carbonyl (C=O) groups is 1. The molecule has 4 N–H and O–H groups in total. The van der Waals surface area contributed by atoms with Gasteiger partial charge in [-0.2, -0.15) is 4.31 Å². The van der Waals surface area contributed by atoms with Gasteiger partial charge in [0.1, 0.15) is 29.2 Å². The first-order valence-electron chi connectivity index (χ1n) is 13.0. The smallest absolute Gasteiger partial charge is 0.244 e. The summed E-state index contributed by atoms with van der Waals surface area (Å²) in [5.74, 6) is 0.539. The Balaban J connectivity index is 1.08. The van der Waals surface area contributed by atoms with Crippen molar-refractivity contribution in [2.45, 2.75) is 53.2 Å². The maximum atomic E-state index is 13.2. The first-order valence-corrected chi connectivity index (χ1v) is 15.9. The Labute approximate surface area is 233 Å². The van der Waals surface area contributed by atoms with E-state index in [1.165, 1.54) is 35.7 Å². The lowest BCUT2D eigenvalue weighted by molar-refractivity contribution is -0.115. The van der Waals surface area contributed by atoms with Gasteiger partial charge in [0.15, 0.2) is 0 Å². The van der Waals surface area contributed by atoms with Crippen molar-refractivity contribution in [1.82, 2.24) is 19.3 Å². The zero-order valence-electron chi connectivity index (χ0n) is 22.0. The highest BCUT2D eigenvalue weighted by Gasteiger charge is 2.45. The monoisotopic (exact) mass is 595 g/mol. The van der Waals surface area contributed by atoms with Crippen LogP contribution >= 0.6 is 0 Å². The van der Waals surface area contributed by atoms with Crippen molar-refractivity contribution in [3.05, 3.63) is 42.1 Å². The molecule has 1 spiro atoms. The molecule has 2 aromatic rings. The van der Waals surface area contributed by atoms with E-state index in [4.69, 9.17) is 9.47 Å². The fourth-order valence-electron chi connectivity index (χ4n) is 5.24. The SMILES string of the molecule is CNS(=O)(=O)c1cccc(OC[C@@H](O)CN[C@H]2COC3(CCN(S(=O)(=O)c4cnc5c(c4)CC(=O)N5)CC3)C2)c1. The van der Waals surface area contributed by atoms with Crippen molar-refractivity contribution in [2.75, 3.05) is 45.2 Å². The molecule has 3 aliphatic rings. The normalized spacial score (nSPS) is 21.8. The van der Waals surface area contributed by atoms with Gasteiger partial charge in [0, 0.05) is 43.5 Å². The van der Waals surface area contributed by atoms with Crippen LogP contribution in [0.15, 0.2) is 46.3 Å². The number of amides is 1. The third-order valence-corrected chi connectivity index (χ3v) is 10.8. The molecular weight excluding hydrogens is 562 g/mol. The Morgan fingerprint density at radius 3 is 2.75 bits per heavy atom. The molecule has 1 amide bonds. The number of pyridine rings is 1. The Kier molecular flexibility index (Phi) is 8.16. The van der Waals surface area contributed by atoms with Crippen molar-refractivity contribution in [3.63, 3.8) is 0 Å². The molecule has 2 atom stereocenters. The van der Waals surface area contributed by atoms with Gasteiger partial charge < -0.3 is 25.2 Å². The maximum absolute atomic E-state index is 13.2. The Morgan fingerprint density at radius 2 is 2.00 bits per heavy atom. The van der Waals surface area contributed by atoms with Gasteiger partial charge >= 0.3 is 0 Å². The van der Waals surface area contributed by atoms with E-state index in [1.54, 1.807) is 12.1 Å². The topological polar surface area (TPSA) is 176 Å². The molecule has 1 aromatic heterocycles. The van der Waals surface area contributed by atoms with Crippen molar-refractivity contribution >= 4 is 31.8 Å². The predicted octanol–water partition coefficient (Wildman–Crippen LogP) is -0.174. The minimum absolute atomic E-state index is 0.00662. The summed E-state index contributed by atoms with van der Waals surface area (Å²) in [4.78, 5) is 15.9. The van der Waals surface area contributed by atoms with E-state index in [1.807, 2.05) is 0 Å². The zero-order chi connectivity index (χ0) is 28.5. The molecule has 1 aromatic carbocycles. The number of nitrogens with zero attached hydrogens (tertiary/aromatic N) is 2. The predicted molar refractivity (Wildman–Crippen MR) is 144 cm³/mol. The number of aliphatic hydroxyl groups is 1. The number of piperidine rings is 1. The van der Waals surface area contributed by atoms with Crippen LogP contribution < -0.4 is 20.1 Å². The van der Waals surface area contributed by atoms with Gasteiger partial charge in [0.05, 0.1) is 23.5 Å². The lowest BCUT2D eigenvalue weighted by Crippen LogP contribution is -2.47. The lowest BCUT2D eigenvalue weighted by atomic mass is 9.88. The fourth-order valence-corrected chi connectivity index (χ4v) is 7.44. The summed E-state index contributed by atoms with van der Waals surface area (Å²) in [6, 6.07) is 7.55. The molecule has 40 heavy (non-hydrogen) atoms. The number of ether oxygens (including phenoxy) is 2. The zero-order valence-corrected chi connectivity index (χ0v) is 23.6. The summed E-state index contributed by atoms with van der Waals surface area (Å²) >= 11 is 0. The molecule has 3 aliphatic heterocycles.